The van der Waals surface area contributed by atoms with Crippen molar-refractivity contribution >= 4 is 27.3 Å². The second-order valence-corrected chi connectivity index (χ2v) is 4.93. The van der Waals surface area contributed by atoms with E-state index in [0.29, 0.717) is 10.4 Å². The standard InChI is InChI=1S/C13H13BrN2O4/c1-8(11-5-6-13(14)20-11)15-9-3-4-12(19-2)10(7-9)16(17)18/h3-8,15H,1-2H3. The lowest BCUT2D eigenvalue weighted by Crippen LogP contribution is -2.06. The van der Waals surface area contributed by atoms with Crippen molar-refractivity contribution in [3.05, 3.63) is 50.9 Å². The largest absolute Gasteiger partial charge is 0.490 e. The molecule has 0 amide bonds. The number of hydrogen-bond donors (Lipinski definition) is 1. The molecule has 0 fully saturated rings. The molecule has 6 nitrogen and oxygen atoms in total. The van der Waals surface area contributed by atoms with Crippen LogP contribution < -0.4 is 10.1 Å². The lowest BCUT2D eigenvalue weighted by atomic mass is 10.2. The van der Waals surface area contributed by atoms with Crippen LogP contribution in [0.25, 0.3) is 0 Å². The van der Waals surface area contributed by atoms with E-state index in [-0.39, 0.29) is 17.5 Å². The van der Waals surface area contributed by atoms with Crippen LogP contribution in [-0.4, -0.2) is 12.0 Å². The third kappa shape index (κ3) is 3.11. The summed E-state index contributed by atoms with van der Waals surface area (Å²) in [7, 11) is 1.40. The summed E-state index contributed by atoms with van der Waals surface area (Å²) < 4.78 is 11.0. The van der Waals surface area contributed by atoms with Gasteiger partial charge in [0.05, 0.1) is 18.1 Å². The van der Waals surface area contributed by atoms with Gasteiger partial charge in [0.15, 0.2) is 10.4 Å². The van der Waals surface area contributed by atoms with Gasteiger partial charge >= 0.3 is 5.69 Å². The number of furan rings is 1. The Morgan fingerprint density at radius 2 is 2.15 bits per heavy atom. The van der Waals surface area contributed by atoms with E-state index in [1.807, 2.05) is 13.0 Å². The number of nitro groups is 1. The summed E-state index contributed by atoms with van der Waals surface area (Å²) in [4.78, 5) is 10.5. The number of hydrogen-bond acceptors (Lipinski definition) is 5. The minimum atomic E-state index is -0.474. The average Bonchev–Trinajstić information content (AvgIpc) is 2.85. The topological polar surface area (TPSA) is 77.5 Å². The first-order valence-electron chi connectivity index (χ1n) is 5.85. The molecule has 2 aromatic rings. The van der Waals surface area contributed by atoms with Crippen molar-refractivity contribution in [1.82, 2.24) is 0 Å². The Balaban J connectivity index is 2.21. The SMILES string of the molecule is COc1ccc(NC(C)c2ccc(Br)o2)cc1[N+](=O)[O-]. The molecule has 1 aromatic heterocycles. The van der Waals surface area contributed by atoms with Crippen molar-refractivity contribution in [3.63, 3.8) is 0 Å². The number of anilines is 1. The molecule has 2 rings (SSSR count). The molecule has 0 aliphatic carbocycles. The van der Waals surface area contributed by atoms with Gasteiger partial charge in [-0.3, -0.25) is 10.1 Å². The Morgan fingerprint density at radius 3 is 2.70 bits per heavy atom. The van der Waals surface area contributed by atoms with Gasteiger partial charge in [0.25, 0.3) is 0 Å². The molecule has 20 heavy (non-hydrogen) atoms. The number of nitro benzene ring substituents is 1. The number of ether oxygens (including phenoxy) is 1. The number of rotatable bonds is 5. The van der Waals surface area contributed by atoms with Gasteiger partial charge in [-0.1, -0.05) is 0 Å². The maximum atomic E-state index is 11.0. The monoisotopic (exact) mass is 340 g/mol. The molecule has 0 aliphatic rings. The summed E-state index contributed by atoms with van der Waals surface area (Å²) in [6.45, 7) is 1.90. The highest BCUT2D eigenvalue weighted by Gasteiger charge is 2.17. The first kappa shape index (κ1) is 14.4. The van der Waals surface area contributed by atoms with Crippen molar-refractivity contribution < 1.29 is 14.1 Å². The Bertz CT molecular complexity index is 627. The predicted molar refractivity (Wildman–Crippen MR) is 78.1 cm³/mol. The molecular weight excluding hydrogens is 328 g/mol. The summed E-state index contributed by atoms with van der Waals surface area (Å²) in [6.07, 6.45) is 0. The number of methoxy groups -OCH3 is 1. The first-order valence-corrected chi connectivity index (χ1v) is 6.64. The van der Waals surface area contributed by atoms with E-state index < -0.39 is 4.92 Å². The van der Waals surface area contributed by atoms with E-state index in [4.69, 9.17) is 9.15 Å². The third-order valence-electron chi connectivity index (χ3n) is 2.78. The van der Waals surface area contributed by atoms with Gasteiger partial charge in [0, 0.05) is 11.8 Å². The van der Waals surface area contributed by atoms with E-state index in [1.165, 1.54) is 13.2 Å². The van der Waals surface area contributed by atoms with Crippen LogP contribution in [0.4, 0.5) is 11.4 Å². The minimum absolute atomic E-state index is 0.0784. The van der Waals surface area contributed by atoms with E-state index in [0.717, 1.165) is 5.76 Å². The second-order valence-electron chi connectivity index (χ2n) is 4.15. The average molecular weight is 341 g/mol. The fraction of sp³-hybridized carbons (Fsp3) is 0.231. The van der Waals surface area contributed by atoms with Crippen LogP contribution in [0.1, 0.15) is 18.7 Å². The Hall–Kier alpha value is -2.02. The molecule has 1 atom stereocenters. The van der Waals surface area contributed by atoms with Crippen molar-refractivity contribution in [3.8, 4) is 5.75 Å². The number of nitrogens with one attached hydrogen (secondary N) is 1. The summed E-state index contributed by atoms with van der Waals surface area (Å²) in [6, 6.07) is 8.23. The van der Waals surface area contributed by atoms with Gasteiger partial charge in [0.2, 0.25) is 0 Å². The van der Waals surface area contributed by atoms with Crippen LogP contribution in [0.15, 0.2) is 39.4 Å². The fourth-order valence-corrected chi connectivity index (χ4v) is 2.12. The van der Waals surface area contributed by atoms with E-state index in [1.54, 1.807) is 18.2 Å². The van der Waals surface area contributed by atoms with Gasteiger partial charge in [-0.2, -0.15) is 0 Å². The molecule has 1 aromatic carbocycles. The van der Waals surface area contributed by atoms with Crippen LogP contribution in [-0.2, 0) is 0 Å². The lowest BCUT2D eigenvalue weighted by molar-refractivity contribution is -0.385. The van der Waals surface area contributed by atoms with Gasteiger partial charge in [-0.15, -0.1) is 0 Å². The minimum Gasteiger partial charge on any atom is -0.490 e. The summed E-state index contributed by atoms with van der Waals surface area (Å²) >= 11 is 3.24. The summed E-state index contributed by atoms with van der Waals surface area (Å²) in [5.74, 6) is 0.962. The Labute approximate surface area is 124 Å². The normalized spacial score (nSPS) is 11.9. The molecular formula is C13H13BrN2O4. The highest BCUT2D eigenvalue weighted by atomic mass is 79.9. The number of nitrogens with zero attached hydrogens (tertiary/aromatic N) is 1. The van der Waals surface area contributed by atoms with Crippen molar-refractivity contribution in [2.75, 3.05) is 12.4 Å². The highest BCUT2D eigenvalue weighted by molar-refractivity contribution is 9.10. The van der Waals surface area contributed by atoms with Gasteiger partial charge in [-0.05, 0) is 47.1 Å². The van der Waals surface area contributed by atoms with Crippen LogP contribution in [0.3, 0.4) is 0 Å². The number of benzene rings is 1. The molecule has 1 heterocycles. The maximum absolute atomic E-state index is 11.0. The quantitative estimate of drug-likeness (QED) is 0.653. The molecule has 0 radical (unpaired) electrons. The smallest absolute Gasteiger partial charge is 0.312 e. The van der Waals surface area contributed by atoms with Gasteiger partial charge < -0.3 is 14.5 Å². The molecule has 1 N–H and O–H groups in total. The molecule has 1 unspecified atom stereocenters. The molecule has 7 heteroatoms. The number of halogens is 1. The third-order valence-corrected chi connectivity index (χ3v) is 3.21. The maximum Gasteiger partial charge on any atom is 0.312 e. The molecule has 0 spiro atoms. The fourth-order valence-electron chi connectivity index (χ4n) is 1.80. The van der Waals surface area contributed by atoms with Crippen LogP contribution in [0, 0.1) is 10.1 Å². The van der Waals surface area contributed by atoms with E-state index in [2.05, 4.69) is 21.2 Å². The molecule has 0 saturated heterocycles. The van der Waals surface area contributed by atoms with E-state index >= 15 is 0 Å². The van der Waals surface area contributed by atoms with E-state index in [9.17, 15) is 10.1 Å². The van der Waals surface area contributed by atoms with Crippen LogP contribution in [0.2, 0.25) is 0 Å². The highest BCUT2D eigenvalue weighted by Crippen LogP contribution is 2.31. The molecule has 106 valence electrons. The zero-order valence-electron chi connectivity index (χ0n) is 10.9. The van der Waals surface area contributed by atoms with Crippen molar-refractivity contribution in [2.45, 2.75) is 13.0 Å². The summed E-state index contributed by atoms with van der Waals surface area (Å²) in [5, 5.41) is 14.1. The van der Waals surface area contributed by atoms with Crippen LogP contribution >= 0.6 is 15.9 Å². The predicted octanol–water partition coefficient (Wildman–Crippen LogP) is 4.13. The lowest BCUT2D eigenvalue weighted by Gasteiger charge is -2.13. The first-order chi connectivity index (χ1) is 9.51. The zero-order chi connectivity index (χ0) is 14.7. The van der Waals surface area contributed by atoms with Gasteiger partial charge in [-0.25, -0.2) is 0 Å². The molecule has 0 saturated carbocycles. The molecule has 0 bridgehead atoms. The molecule has 0 aliphatic heterocycles. The Morgan fingerprint density at radius 1 is 1.40 bits per heavy atom. The van der Waals surface area contributed by atoms with Crippen LogP contribution in [0.5, 0.6) is 5.75 Å². The van der Waals surface area contributed by atoms with Gasteiger partial charge in [0.1, 0.15) is 5.76 Å². The zero-order valence-corrected chi connectivity index (χ0v) is 12.5. The Kier molecular flexibility index (Phi) is 4.29. The summed E-state index contributed by atoms with van der Waals surface area (Å²) in [5.41, 5.74) is 0.544. The van der Waals surface area contributed by atoms with Crippen molar-refractivity contribution in [1.29, 1.82) is 0 Å². The second kappa shape index (κ2) is 5.96. The van der Waals surface area contributed by atoms with Crippen molar-refractivity contribution in [2.24, 2.45) is 0 Å².